The van der Waals surface area contributed by atoms with Crippen LogP contribution in [0.25, 0.3) is 10.8 Å². The van der Waals surface area contributed by atoms with Crippen LogP contribution in [0.15, 0.2) is 36.4 Å². The zero-order chi connectivity index (χ0) is 20.9. The van der Waals surface area contributed by atoms with E-state index >= 15 is 0 Å². The molecule has 0 spiro atoms. The minimum absolute atomic E-state index is 0.0310. The van der Waals surface area contributed by atoms with Gasteiger partial charge in [0.15, 0.2) is 0 Å². The summed E-state index contributed by atoms with van der Waals surface area (Å²) in [7, 11) is 0. The molecular formula is C21H25F3N2O2. The number of rotatable bonds is 3. The van der Waals surface area contributed by atoms with E-state index in [0.29, 0.717) is 11.1 Å². The molecule has 0 bridgehead atoms. The van der Waals surface area contributed by atoms with Gasteiger partial charge in [0.25, 0.3) is 0 Å². The van der Waals surface area contributed by atoms with E-state index in [9.17, 15) is 18.0 Å². The van der Waals surface area contributed by atoms with E-state index in [4.69, 9.17) is 4.74 Å². The molecular weight excluding hydrogens is 369 g/mol. The predicted octanol–water partition coefficient (Wildman–Crippen LogP) is 4.99. The molecule has 1 unspecified atom stereocenters. The number of hydrogen-bond acceptors (Lipinski definition) is 3. The molecule has 0 saturated carbocycles. The molecule has 2 aromatic carbocycles. The SMILES string of the molecule is CC(C)(C)Oc1cc(C(N2CC(C)(C)C(=O)N2)C(F)(F)F)cc2ccccc12. The van der Waals surface area contributed by atoms with Gasteiger partial charge in [-0.25, -0.2) is 5.01 Å². The van der Waals surface area contributed by atoms with Gasteiger partial charge in [-0.15, -0.1) is 0 Å². The number of ether oxygens (including phenoxy) is 1. The molecule has 3 rings (SSSR count). The predicted molar refractivity (Wildman–Crippen MR) is 102 cm³/mol. The molecule has 1 fully saturated rings. The Morgan fingerprint density at radius 3 is 2.32 bits per heavy atom. The van der Waals surface area contributed by atoms with Gasteiger partial charge in [0, 0.05) is 11.9 Å². The van der Waals surface area contributed by atoms with E-state index < -0.39 is 29.1 Å². The summed E-state index contributed by atoms with van der Waals surface area (Å²) in [5.41, 5.74) is 0.961. The van der Waals surface area contributed by atoms with Gasteiger partial charge in [-0.2, -0.15) is 13.2 Å². The van der Waals surface area contributed by atoms with Crippen molar-refractivity contribution < 1.29 is 22.7 Å². The van der Waals surface area contributed by atoms with Crippen molar-refractivity contribution in [1.29, 1.82) is 0 Å². The van der Waals surface area contributed by atoms with E-state index in [0.717, 1.165) is 10.4 Å². The van der Waals surface area contributed by atoms with Gasteiger partial charge >= 0.3 is 6.18 Å². The van der Waals surface area contributed by atoms with Crippen molar-refractivity contribution in [2.75, 3.05) is 6.54 Å². The molecule has 1 aliphatic rings. The number of carbonyl (C=O) groups excluding carboxylic acids is 1. The van der Waals surface area contributed by atoms with E-state index in [-0.39, 0.29) is 12.1 Å². The maximum Gasteiger partial charge on any atom is 0.409 e. The van der Waals surface area contributed by atoms with E-state index in [2.05, 4.69) is 5.43 Å². The molecule has 1 atom stereocenters. The lowest BCUT2D eigenvalue weighted by molar-refractivity contribution is -0.191. The van der Waals surface area contributed by atoms with E-state index in [1.165, 1.54) is 12.1 Å². The normalized spacial score (nSPS) is 18.9. The second kappa shape index (κ2) is 6.65. The van der Waals surface area contributed by atoms with Crippen LogP contribution in [0.2, 0.25) is 0 Å². The largest absolute Gasteiger partial charge is 0.487 e. The minimum Gasteiger partial charge on any atom is -0.487 e. The third-order valence-electron chi connectivity index (χ3n) is 4.63. The van der Waals surface area contributed by atoms with Crippen LogP contribution in [-0.4, -0.2) is 29.2 Å². The summed E-state index contributed by atoms with van der Waals surface area (Å²) in [5.74, 6) is -0.0339. The second-order valence-electron chi connectivity index (χ2n) is 8.85. The number of hydrogen-bond donors (Lipinski definition) is 1. The molecule has 7 heteroatoms. The number of benzene rings is 2. The monoisotopic (exact) mass is 394 g/mol. The summed E-state index contributed by atoms with van der Waals surface area (Å²) in [6.07, 6.45) is -4.57. The van der Waals surface area contributed by atoms with Gasteiger partial charge in [-0.3, -0.25) is 10.2 Å². The first-order chi connectivity index (χ1) is 12.8. The topological polar surface area (TPSA) is 41.6 Å². The van der Waals surface area contributed by atoms with Crippen LogP contribution in [0.5, 0.6) is 5.75 Å². The first-order valence-corrected chi connectivity index (χ1v) is 9.14. The van der Waals surface area contributed by atoms with Crippen LogP contribution < -0.4 is 10.2 Å². The number of alkyl halides is 3. The lowest BCUT2D eigenvalue weighted by atomic mass is 9.93. The van der Waals surface area contributed by atoms with Gasteiger partial charge in [0.1, 0.15) is 17.4 Å². The molecule has 1 saturated heterocycles. The van der Waals surface area contributed by atoms with Crippen LogP contribution in [0.4, 0.5) is 13.2 Å². The van der Waals surface area contributed by atoms with Crippen LogP contribution in [0.1, 0.15) is 46.2 Å². The van der Waals surface area contributed by atoms with Crippen LogP contribution in [0, 0.1) is 5.41 Å². The molecule has 0 aliphatic carbocycles. The van der Waals surface area contributed by atoms with Crippen LogP contribution in [0.3, 0.4) is 0 Å². The fourth-order valence-corrected chi connectivity index (χ4v) is 3.39. The molecule has 28 heavy (non-hydrogen) atoms. The molecule has 0 aromatic heterocycles. The highest BCUT2D eigenvalue weighted by Crippen LogP contribution is 2.43. The van der Waals surface area contributed by atoms with Crippen molar-refractivity contribution in [3.05, 3.63) is 42.0 Å². The Hall–Kier alpha value is -2.28. The third-order valence-corrected chi connectivity index (χ3v) is 4.63. The number of nitrogens with one attached hydrogen (secondary N) is 1. The average Bonchev–Trinajstić information content (AvgIpc) is 2.77. The molecule has 152 valence electrons. The summed E-state index contributed by atoms with van der Waals surface area (Å²) in [6, 6.07) is 8.16. The third kappa shape index (κ3) is 4.09. The Morgan fingerprint density at radius 2 is 1.79 bits per heavy atom. The first kappa shape index (κ1) is 20.5. The van der Waals surface area contributed by atoms with Crippen LogP contribution in [-0.2, 0) is 4.79 Å². The van der Waals surface area contributed by atoms with Crippen molar-refractivity contribution in [2.45, 2.75) is 52.4 Å². The van der Waals surface area contributed by atoms with Gasteiger partial charge in [-0.05, 0) is 57.7 Å². The number of hydrazine groups is 1. The summed E-state index contributed by atoms with van der Waals surface area (Å²) in [4.78, 5) is 12.1. The molecule has 1 N–H and O–H groups in total. The lowest BCUT2D eigenvalue weighted by Gasteiger charge is -2.31. The maximum absolute atomic E-state index is 14.1. The number of nitrogens with zero attached hydrogens (tertiary/aromatic N) is 1. The van der Waals surface area contributed by atoms with Crippen molar-refractivity contribution in [2.24, 2.45) is 5.41 Å². The maximum atomic E-state index is 14.1. The summed E-state index contributed by atoms with van der Waals surface area (Å²) >= 11 is 0. The number of carbonyl (C=O) groups is 1. The van der Waals surface area contributed by atoms with Crippen molar-refractivity contribution in [3.63, 3.8) is 0 Å². The highest BCUT2D eigenvalue weighted by Gasteiger charge is 2.51. The Morgan fingerprint density at radius 1 is 1.14 bits per heavy atom. The summed E-state index contributed by atoms with van der Waals surface area (Å²) in [5, 5.41) is 2.37. The van der Waals surface area contributed by atoms with E-state index in [1.54, 1.807) is 26.0 Å². The molecule has 1 heterocycles. The van der Waals surface area contributed by atoms with Crippen LogP contribution >= 0.6 is 0 Å². The molecule has 4 nitrogen and oxygen atoms in total. The number of halogens is 3. The Balaban J connectivity index is 2.14. The standard InChI is InChI=1S/C21H25F3N2O2/c1-19(2,3)28-16-11-14(10-13-8-6-7-9-15(13)16)17(21(22,23)24)26-12-20(4,5)18(27)25-26/h6-11,17H,12H2,1-5H3,(H,25,27). The zero-order valence-corrected chi connectivity index (χ0v) is 16.6. The first-order valence-electron chi connectivity index (χ1n) is 9.14. The van der Waals surface area contributed by atoms with Crippen molar-refractivity contribution in [1.82, 2.24) is 10.4 Å². The quantitative estimate of drug-likeness (QED) is 0.797. The number of amides is 1. The van der Waals surface area contributed by atoms with Gasteiger partial charge in [0.05, 0.1) is 5.41 Å². The Labute approximate surface area is 162 Å². The fourth-order valence-electron chi connectivity index (χ4n) is 3.39. The Kier molecular flexibility index (Phi) is 4.86. The van der Waals surface area contributed by atoms with Gasteiger partial charge < -0.3 is 4.74 Å². The average molecular weight is 394 g/mol. The van der Waals surface area contributed by atoms with E-state index in [1.807, 2.05) is 32.9 Å². The highest BCUT2D eigenvalue weighted by atomic mass is 19.4. The van der Waals surface area contributed by atoms with Crippen molar-refractivity contribution >= 4 is 16.7 Å². The van der Waals surface area contributed by atoms with Crippen molar-refractivity contribution in [3.8, 4) is 5.75 Å². The zero-order valence-electron chi connectivity index (χ0n) is 16.6. The fraction of sp³-hybridized carbons (Fsp3) is 0.476. The minimum atomic E-state index is -4.57. The second-order valence-corrected chi connectivity index (χ2v) is 8.85. The number of fused-ring (bicyclic) bond motifs is 1. The molecule has 1 aliphatic heterocycles. The molecule has 0 radical (unpaired) electrons. The highest BCUT2D eigenvalue weighted by molar-refractivity contribution is 5.89. The lowest BCUT2D eigenvalue weighted by Crippen LogP contribution is -2.43. The smallest absolute Gasteiger partial charge is 0.409 e. The summed E-state index contributed by atoms with van der Waals surface area (Å²) in [6.45, 7) is 8.75. The van der Waals surface area contributed by atoms with Gasteiger partial charge in [0.2, 0.25) is 5.91 Å². The van der Waals surface area contributed by atoms with Gasteiger partial charge in [-0.1, -0.05) is 24.3 Å². The molecule has 1 amide bonds. The summed E-state index contributed by atoms with van der Waals surface area (Å²) < 4.78 is 48.2. The Bertz CT molecular complexity index is 901. The molecule has 2 aromatic rings.